The van der Waals surface area contributed by atoms with Gasteiger partial charge in [0.25, 0.3) is 0 Å². The monoisotopic (exact) mass is 218 g/mol. The van der Waals surface area contributed by atoms with E-state index in [1.807, 2.05) is 13.8 Å². The summed E-state index contributed by atoms with van der Waals surface area (Å²) < 4.78 is 36.4. The quantitative estimate of drug-likeness (QED) is 0.806. The molecule has 0 fully saturated rings. The molecule has 15 heavy (non-hydrogen) atoms. The molecule has 0 aliphatic carbocycles. The highest BCUT2D eigenvalue weighted by atomic mass is 19.4. The van der Waals surface area contributed by atoms with Crippen LogP contribution in [0.4, 0.5) is 13.2 Å². The Hall–Kier alpha value is -1.03. The van der Waals surface area contributed by atoms with Gasteiger partial charge < -0.3 is 5.11 Å². The molecule has 1 aromatic carbocycles. The Morgan fingerprint density at radius 3 is 1.73 bits per heavy atom. The maximum atomic E-state index is 12.1. The smallest absolute Gasteiger partial charge is 0.379 e. The molecule has 0 unspecified atom stereocenters. The molecule has 0 bridgehead atoms. The summed E-state index contributed by atoms with van der Waals surface area (Å²) in [5.74, 6) is 0.266. The maximum Gasteiger partial charge on any atom is 0.418 e. The van der Waals surface area contributed by atoms with E-state index in [1.165, 1.54) is 12.1 Å². The molecule has 1 N–H and O–H groups in total. The van der Waals surface area contributed by atoms with Crippen molar-refractivity contribution in [3.8, 4) is 0 Å². The topological polar surface area (TPSA) is 20.2 Å². The van der Waals surface area contributed by atoms with Gasteiger partial charge in [-0.1, -0.05) is 38.1 Å². The second kappa shape index (κ2) is 4.23. The van der Waals surface area contributed by atoms with Gasteiger partial charge in [0.05, 0.1) is 0 Å². The second-order valence-corrected chi connectivity index (χ2v) is 3.77. The molecule has 0 radical (unpaired) electrons. The van der Waals surface area contributed by atoms with Gasteiger partial charge in [-0.2, -0.15) is 13.2 Å². The van der Waals surface area contributed by atoms with Crippen LogP contribution < -0.4 is 0 Å². The Bertz CT molecular complexity index is 314. The molecular formula is C11H13F3O. The van der Waals surface area contributed by atoms with Crippen molar-refractivity contribution in [2.75, 3.05) is 0 Å². The molecule has 1 nitrogen and oxygen atoms in total. The first-order valence-electron chi connectivity index (χ1n) is 4.67. The van der Waals surface area contributed by atoms with E-state index in [0.717, 1.165) is 5.56 Å². The van der Waals surface area contributed by atoms with Gasteiger partial charge in [0.1, 0.15) is 0 Å². The highest BCUT2D eigenvalue weighted by molar-refractivity contribution is 5.26. The highest BCUT2D eigenvalue weighted by Crippen LogP contribution is 2.32. The van der Waals surface area contributed by atoms with Gasteiger partial charge in [-0.05, 0) is 17.0 Å². The van der Waals surface area contributed by atoms with Gasteiger partial charge in [-0.15, -0.1) is 0 Å². The first-order valence-corrected chi connectivity index (χ1v) is 4.67. The molecular weight excluding hydrogens is 205 g/mol. The summed E-state index contributed by atoms with van der Waals surface area (Å²) in [6.07, 6.45) is -6.99. The molecule has 0 heterocycles. The minimum Gasteiger partial charge on any atom is -0.379 e. The van der Waals surface area contributed by atoms with E-state index in [9.17, 15) is 13.2 Å². The molecule has 84 valence electrons. The lowest BCUT2D eigenvalue weighted by Crippen LogP contribution is -2.20. The van der Waals surface area contributed by atoms with Crippen molar-refractivity contribution in [1.82, 2.24) is 0 Å². The van der Waals surface area contributed by atoms with Crippen LogP contribution in [0.3, 0.4) is 0 Å². The summed E-state index contributed by atoms with van der Waals surface area (Å²) in [6.45, 7) is 3.91. The average Bonchev–Trinajstić information content (AvgIpc) is 2.15. The van der Waals surface area contributed by atoms with E-state index < -0.39 is 12.3 Å². The number of rotatable bonds is 2. The number of benzene rings is 1. The van der Waals surface area contributed by atoms with Crippen LogP contribution in [0, 0.1) is 0 Å². The fourth-order valence-corrected chi connectivity index (χ4v) is 1.25. The van der Waals surface area contributed by atoms with Crippen molar-refractivity contribution in [2.45, 2.75) is 32.0 Å². The lowest BCUT2D eigenvalue weighted by molar-refractivity contribution is -0.206. The van der Waals surface area contributed by atoms with Crippen LogP contribution in [0.25, 0.3) is 0 Å². The molecule has 4 heteroatoms. The summed E-state index contributed by atoms with van der Waals surface area (Å²) in [4.78, 5) is 0. The molecule has 1 atom stereocenters. The van der Waals surface area contributed by atoms with Crippen LogP contribution in [-0.4, -0.2) is 11.3 Å². The van der Waals surface area contributed by atoms with E-state index >= 15 is 0 Å². The van der Waals surface area contributed by atoms with Crippen LogP contribution in [0.1, 0.15) is 37.0 Å². The third kappa shape index (κ3) is 2.96. The summed E-state index contributed by atoms with van der Waals surface area (Å²) in [7, 11) is 0. The van der Waals surface area contributed by atoms with Crippen molar-refractivity contribution in [2.24, 2.45) is 0 Å². The van der Waals surface area contributed by atoms with Crippen LogP contribution >= 0.6 is 0 Å². The third-order valence-electron chi connectivity index (χ3n) is 2.23. The standard InChI is InChI=1S/C11H13F3O/c1-7(2)8-3-5-9(6-4-8)10(15)11(12,13)14/h3-7,10,15H,1-2H3/t10-/m0/s1. The Morgan fingerprint density at radius 2 is 1.40 bits per heavy atom. The van der Waals surface area contributed by atoms with Gasteiger partial charge in [0, 0.05) is 0 Å². The lowest BCUT2D eigenvalue weighted by atomic mass is 10.00. The molecule has 0 amide bonds. The second-order valence-electron chi connectivity index (χ2n) is 3.77. The number of hydrogen-bond donors (Lipinski definition) is 1. The van der Waals surface area contributed by atoms with Crippen molar-refractivity contribution >= 4 is 0 Å². The van der Waals surface area contributed by atoms with Crippen molar-refractivity contribution in [3.05, 3.63) is 35.4 Å². The van der Waals surface area contributed by atoms with E-state index in [1.54, 1.807) is 12.1 Å². The van der Waals surface area contributed by atoms with Crippen LogP contribution in [0.2, 0.25) is 0 Å². The molecule has 0 saturated carbocycles. The summed E-state index contributed by atoms with van der Waals surface area (Å²) in [6, 6.07) is 5.84. The number of aliphatic hydroxyl groups excluding tert-OH is 1. The minimum absolute atomic E-state index is 0.119. The van der Waals surface area contributed by atoms with E-state index in [2.05, 4.69) is 0 Å². The Kier molecular flexibility index (Phi) is 3.39. The third-order valence-corrected chi connectivity index (χ3v) is 2.23. The highest BCUT2D eigenvalue weighted by Gasteiger charge is 2.39. The van der Waals surface area contributed by atoms with Gasteiger partial charge in [-0.25, -0.2) is 0 Å². The van der Waals surface area contributed by atoms with E-state index in [0.29, 0.717) is 0 Å². The fraction of sp³-hybridized carbons (Fsp3) is 0.455. The van der Waals surface area contributed by atoms with Crippen molar-refractivity contribution in [1.29, 1.82) is 0 Å². The summed E-state index contributed by atoms with van der Waals surface area (Å²) in [5, 5.41) is 8.96. The SMILES string of the molecule is CC(C)c1ccc([C@H](O)C(F)(F)F)cc1. The average molecular weight is 218 g/mol. The van der Waals surface area contributed by atoms with Crippen LogP contribution in [0.15, 0.2) is 24.3 Å². The zero-order valence-corrected chi connectivity index (χ0v) is 8.55. The van der Waals surface area contributed by atoms with Crippen LogP contribution in [0.5, 0.6) is 0 Å². The molecule has 0 aliphatic rings. The predicted octanol–water partition coefficient (Wildman–Crippen LogP) is 3.41. The van der Waals surface area contributed by atoms with Gasteiger partial charge in [-0.3, -0.25) is 0 Å². The van der Waals surface area contributed by atoms with E-state index in [-0.39, 0.29) is 11.5 Å². The molecule has 0 aromatic heterocycles. The molecule has 0 spiro atoms. The molecule has 0 saturated heterocycles. The molecule has 1 rings (SSSR count). The summed E-state index contributed by atoms with van der Waals surface area (Å²) >= 11 is 0. The lowest BCUT2D eigenvalue weighted by Gasteiger charge is -2.15. The van der Waals surface area contributed by atoms with Gasteiger partial charge >= 0.3 is 6.18 Å². The van der Waals surface area contributed by atoms with Gasteiger partial charge in [0.2, 0.25) is 0 Å². The van der Waals surface area contributed by atoms with Crippen molar-refractivity contribution < 1.29 is 18.3 Å². The Balaban J connectivity index is 2.89. The largest absolute Gasteiger partial charge is 0.418 e. The van der Waals surface area contributed by atoms with E-state index in [4.69, 9.17) is 5.11 Å². The predicted molar refractivity (Wildman–Crippen MR) is 51.5 cm³/mol. The molecule has 0 aliphatic heterocycles. The fourth-order valence-electron chi connectivity index (χ4n) is 1.25. The maximum absolute atomic E-state index is 12.1. The normalized spacial score (nSPS) is 14.3. The Morgan fingerprint density at radius 1 is 1.00 bits per heavy atom. The first-order chi connectivity index (χ1) is 6.82. The number of aliphatic hydroxyl groups is 1. The number of hydrogen-bond acceptors (Lipinski definition) is 1. The number of alkyl halides is 3. The molecule has 1 aromatic rings. The summed E-state index contributed by atoms with van der Waals surface area (Å²) in [5.41, 5.74) is 0.833. The van der Waals surface area contributed by atoms with Crippen LogP contribution in [-0.2, 0) is 0 Å². The minimum atomic E-state index is -4.60. The Labute approximate surface area is 86.5 Å². The number of halogens is 3. The first kappa shape index (κ1) is 12.0. The zero-order chi connectivity index (χ0) is 11.6. The zero-order valence-electron chi connectivity index (χ0n) is 8.55. The van der Waals surface area contributed by atoms with Gasteiger partial charge in [0.15, 0.2) is 6.10 Å². The van der Waals surface area contributed by atoms with Crippen molar-refractivity contribution in [3.63, 3.8) is 0 Å².